The van der Waals surface area contributed by atoms with Crippen LogP contribution in [0.15, 0.2) is 42.5 Å². The van der Waals surface area contributed by atoms with E-state index in [1.54, 1.807) is 24.3 Å². The number of carbonyl (C=O) groups is 1. The van der Waals surface area contributed by atoms with Gasteiger partial charge in [-0.1, -0.05) is 11.6 Å². The zero-order valence-corrected chi connectivity index (χ0v) is 11.4. The molecule has 0 bridgehead atoms. The minimum Gasteiger partial charge on any atom is -0.478 e. The van der Waals surface area contributed by atoms with Crippen LogP contribution in [0.3, 0.4) is 0 Å². The van der Waals surface area contributed by atoms with E-state index in [0.29, 0.717) is 12.2 Å². The van der Waals surface area contributed by atoms with Crippen molar-refractivity contribution < 1.29 is 14.3 Å². The number of hydrogen-bond donors (Lipinski definition) is 1. The topological polar surface area (TPSA) is 40.5 Å². The first kappa shape index (κ1) is 14.1. The molecule has 0 aliphatic heterocycles. The van der Waals surface area contributed by atoms with Crippen molar-refractivity contribution in [1.82, 2.24) is 0 Å². The van der Waals surface area contributed by atoms with Crippen molar-refractivity contribution in [2.75, 3.05) is 11.4 Å². The fourth-order valence-corrected chi connectivity index (χ4v) is 2.17. The van der Waals surface area contributed by atoms with E-state index in [1.807, 2.05) is 24.8 Å². The van der Waals surface area contributed by atoms with E-state index in [0.717, 1.165) is 11.3 Å². The van der Waals surface area contributed by atoms with Crippen LogP contribution in [-0.4, -0.2) is 17.6 Å². The van der Waals surface area contributed by atoms with Crippen LogP contribution in [0.25, 0.3) is 0 Å². The molecule has 0 heterocycles. The summed E-state index contributed by atoms with van der Waals surface area (Å²) in [5.74, 6) is -1.28. The minimum absolute atomic E-state index is 0.246. The molecule has 0 aliphatic rings. The lowest BCUT2D eigenvalue weighted by Crippen LogP contribution is -2.19. The van der Waals surface area contributed by atoms with Crippen LogP contribution in [0.4, 0.5) is 15.8 Å². The van der Waals surface area contributed by atoms with Gasteiger partial charge >= 0.3 is 5.97 Å². The van der Waals surface area contributed by atoms with Crippen molar-refractivity contribution >= 4 is 17.3 Å². The molecular weight excluding hydrogens is 257 g/mol. The molecule has 0 saturated heterocycles. The molecule has 2 aromatic carbocycles. The Labute approximate surface area is 117 Å². The van der Waals surface area contributed by atoms with E-state index in [-0.39, 0.29) is 11.4 Å². The number of hydrogen-bond acceptors (Lipinski definition) is 2. The fraction of sp³-hybridized carbons (Fsp3) is 0.188. The number of carboxylic acid groups (broad SMARTS) is 1. The van der Waals surface area contributed by atoms with E-state index in [1.165, 1.54) is 12.1 Å². The van der Waals surface area contributed by atoms with E-state index >= 15 is 0 Å². The van der Waals surface area contributed by atoms with Crippen LogP contribution in [0.2, 0.25) is 0 Å². The van der Waals surface area contributed by atoms with Crippen LogP contribution in [-0.2, 0) is 0 Å². The van der Waals surface area contributed by atoms with Crippen LogP contribution in [0.1, 0.15) is 22.8 Å². The van der Waals surface area contributed by atoms with Crippen LogP contribution in [0, 0.1) is 12.7 Å². The van der Waals surface area contributed by atoms with E-state index in [4.69, 9.17) is 0 Å². The molecule has 0 spiro atoms. The summed E-state index contributed by atoms with van der Waals surface area (Å²) in [6.07, 6.45) is 0. The second-order valence-corrected chi connectivity index (χ2v) is 4.55. The summed E-state index contributed by atoms with van der Waals surface area (Å²) in [6, 6.07) is 11.3. The predicted octanol–water partition coefficient (Wildman–Crippen LogP) is 3.99. The Bertz CT molecular complexity index is 623. The standard InChI is InChI=1S/C16H16FNO2/c1-3-18(13-7-5-12(17)6-8-13)15-9-4-11(2)10-14(15)16(19)20/h4-10H,3H2,1-2H3,(H,19,20). The van der Waals surface area contributed by atoms with E-state index in [9.17, 15) is 14.3 Å². The van der Waals surface area contributed by atoms with E-state index in [2.05, 4.69) is 0 Å². The summed E-state index contributed by atoms with van der Waals surface area (Å²) in [7, 11) is 0. The monoisotopic (exact) mass is 273 g/mol. The maximum absolute atomic E-state index is 13.0. The predicted molar refractivity (Wildman–Crippen MR) is 77.2 cm³/mol. The molecular formula is C16H16FNO2. The third-order valence-electron chi connectivity index (χ3n) is 3.13. The summed E-state index contributed by atoms with van der Waals surface area (Å²) in [5.41, 5.74) is 2.51. The van der Waals surface area contributed by atoms with Gasteiger partial charge in [-0.2, -0.15) is 0 Å². The zero-order chi connectivity index (χ0) is 14.7. The first-order chi connectivity index (χ1) is 9.52. The van der Waals surface area contributed by atoms with Crippen molar-refractivity contribution in [1.29, 1.82) is 0 Å². The molecule has 0 amide bonds. The third kappa shape index (κ3) is 2.79. The summed E-state index contributed by atoms with van der Waals surface area (Å²) < 4.78 is 13.0. The number of benzene rings is 2. The number of aryl methyl sites for hydroxylation is 1. The Kier molecular flexibility index (Phi) is 4.03. The molecule has 4 heteroatoms. The summed E-state index contributed by atoms with van der Waals surface area (Å²) in [5, 5.41) is 9.34. The molecule has 0 aromatic heterocycles. The largest absolute Gasteiger partial charge is 0.478 e. The highest BCUT2D eigenvalue weighted by Crippen LogP contribution is 2.29. The van der Waals surface area contributed by atoms with Crippen molar-refractivity contribution in [2.45, 2.75) is 13.8 Å². The highest BCUT2D eigenvalue weighted by molar-refractivity contribution is 5.95. The molecule has 0 fully saturated rings. The van der Waals surface area contributed by atoms with Gasteiger partial charge in [0.05, 0.1) is 11.3 Å². The van der Waals surface area contributed by atoms with Crippen LogP contribution in [0.5, 0.6) is 0 Å². The van der Waals surface area contributed by atoms with Crippen molar-refractivity contribution in [3.05, 3.63) is 59.4 Å². The molecule has 20 heavy (non-hydrogen) atoms. The van der Waals surface area contributed by atoms with Gasteiger partial charge in [0, 0.05) is 12.2 Å². The number of halogens is 1. The SMILES string of the molecule is CCN(c1ccc(F)cc1)c1ccc(C)cc1C(=O)O. The van der Waals surface area contributed by atoms with Gasteiger partial charge in [0.1, 0.15) is 5.82 Å². The van der Waals surface area contributed by atoms with Gasteiger partial charge in [-0.05, 0) is 50.2 Å². The average Bonchev–Trinajstić information content (AvgIpc) is 2.43. The fourth-order valence-electron chi connectivity index (χ4n) is 2.17. The maximum atomic E-state index is 13.0. The highest BCUT2D eigenvalue weighted by Gasteiger charge is 2.16. The van der Waals surface area contributed by atoms with Crippen molar-refractivity contribution in [3.63, 3.8) is 0 Å². The molecule has 0 aliphatic carbocycles. The zero-order valence-electron chi connectivity index (χ0n) is 11.4. The number of carboxylic acids is 1. The lowest BCUT2D eigenvalue weighted by atomic mass is 10.1. The number of rotatable bonds is 4. The van der Waals surface area contributed by atoms with Gasteiger partial charge in [-0.3, -0.25) is 0 Å². The molecule has 0 unspecified atom stereocenters. The summed E-state index contributed by atoms with van der Waals surface area (Å²) in [4.78, 5) is 13.2. The first-order valence-corrected chi connectivity index (χ1v) is 6.40. The molecule has 3 nitrogen and oxygen atoms in total. The highest BCUT2D eigenvalue weighted by atomic mass is 19.1. The molecule has 0 saturated carbocycles. The summed E-state index contributed by atoms with van der Waals surface area (Å²) >= 11 is 0. The van der Waals surface area contributed by atoms with Crippen molar-refractivity contribution in [3.8, 4) is 0 Å². The average molecular weight is 273 g/mol. The first-order valence-electron chi connectivity index (χ1n) is 6.40. The van der Waals surface area contributed by atoms with Crippen LogP contribution >= 0.6 is 0 Å². The third-order valence-corrected chi connectivity index (χ3v) is 3.13. The Morgan fingerprint density at radius 2 is 1.85 bits per heavy atom. The molecule has 1 N–H and O–H groups in total. The van der Waals surface area contributed by atoms with Crippen molar-refractivity contribution in [2.24, 2.45) is 0 Å². The Hall–Kier alpha value is -2.36. The Morgan fingerprint density at radius 1 is 1.20 bits per heavy atom. The minimum atomic E-state index is -0.968. The molecule has 104 valence electrons. The quantitative estimate of drug-likeness (QED) is 0.915. The second-order valence-electron chi connectivity index (χ2n) is 4.55. The number of nitrogens with zero attached hydrogens (tertiary/aromatic N) is 1. The summed E-state index contributed by atoms with van der Waals surface area (Å²) in [6.45, 7) is 4.37. The second kappa shape index (κ2) is 5.74. The molecule has 2 aromatic rings. The van der Waals surface area contributed by atoms with Crippen LogP contribution < -0.4 is 4.90 Å². The van der Waals surface area contributed by atoms with Gasteiger partial charge in [0.2, 0.25) is 0 Å². The van der Waals surface area contributed by atoms with E-state index < -0.39 is 5.97 Å². The Morgan fingerprint density at radius 3 is 2.40 bits per heavy atom. The van der Waals surface area contributed by atoms with Gasteiger partial charge in [0.25, 0.3) is 0 Å². The number of anilines is 2. The number of aromatic carboxylic acids is 1. The molecule has 2 rings (SSSR count). The van der Waals surface area contributed by atoms with Gasteiger partial charge in [-0.25, -0.2) is 9.18 Å². The maximum Gasteiger partial charge on any atom is 0.337 e. The molecule has 0 atom stereocenters. The molecule has 0 radical (unpaired) electrons. The smallest absolute Gasteiger partial charge is 0.337 e. The lowest BCUT2D eigenvalue weighted by molar-refractivity contribution is 0.0697. The Balaban J connectivity index is 2.51. The normalized spacial score (nSPS) is 10.3. The van der Waals surface area contributed by atoms with Gasteiger partial charge in [-0.15, -0.1) is 0 Å². The van der Waals surface area contributed by atoms with Gasteiger partial charge < -0.3 is 10.0 Å². The van der Waals surface area contributed by atoms with Gasteiger partial charge in [0.15, 0.2) is 0 Å². The lowest BCUT2D eigenvalue weighted by Gasteiger charge is -2.25.